The summed E-state index contributed by atoms with van der Waals surface area (Å²) in [4.78, 5) is 22.1. The molecule has 1 rings (SSSR count). The number of ether oxygens (including phenoxy) is 1. The molecule has 3 N–H and O–H groups in total. The fourth-order valence-corrected chi connectivity index (χ4v) is 1.75. The molecule has 0 spiro atoms. The number of urea groups is 1. The quantitative estimate of drug-likeness (QED) is 0.637. The van der Waals surface area contributed by atoms with Gasteiger partial charge in [-0.05, 0) is 25.2 Å². The van der Waals surface area contributed by atoms with Crippen LogP contribution in [-0.2, 0) is 9.53 Å². The third kappa shape index (κ3) is 5.04. The highest BCUT2D eigenvalue weighted by Gasteiger charge is 2.18. The van der Waals surface area contributed by atoms with Crippen molar-refractivity contribution in [2.24, 2.45) is 5.92 Å². The summed E-state index contributed by atoms with van der Waals surface area (Å²) in [6, 6.07) is -1.23. The van der Waals surface area contributed by atoms with E-state index in [4.69, 9.17) is 9.84 Å². The van der Waals surface area contributed by atoms with Gasteiger partial charge in [0.05, 0.1) is 0 Å². The molecule has 1 aliphatic rings. The van der Waals surface area contributed by atoms with Crippen LogP contribution < -0.4 is 10.6 Å². The van der Waals surface area contributed by atoms with Crippen molar-refractivity contribution in [1.29, 1.82) is 0 Å². The first kappa shape index (κ1) is 13.8. The molecule has 6 nitrogen and oxygen atoms in total. The van der Waals surface area contributed by atoms with E-state index in [9.17, 15) is 9.59 Å². The van der Waals surface area contributed by atoms with Crippen LogP contribution in [0.25, 0.3) is 0 Å². The normalized spacial score (nSPS) is 20.9. The number of carbonyl (C=O) groups is 2. The number of carboxylic acids is 1. The summed E-state index contributed by atoms with van der Waals surface area (Å²) in [5.41, 5.74) is 0. The second kappa shape index (κ2) is 7.11. The molecule has 1 saturated heterocycles. The van der Waals surface area contributed by atoms with Crippen LogP contribution in [0.4, 0.5) is 4.79 Å². The van der Waals surface area contributed by atoms with Crippen molar-refractivity contribution in [2.45, 2.75) is 32.2 Å². The van der Waals surface area contributed by atoms with E-state index in [2.05, 4.69) is 10.6 Å². The lowest BCUT2D eigenvalue weighted by molar-refractivity contribution is -0.139. The van der Waals surface area contributed by atoms with Gasteiger partial charge in [-0.2, -0.15) is 0 Å². The van der Waals surface area contributed by atoms with E-state index in [1.54, 1.807) is 6.92 Å². The average Bonchev–Trinajstić information content (AvgIpc) is 2.78. The number of nitrogens with one attached hydrogen (secondary N) is 2. The van der Waals surface area contributed by atoms with Gasteiger partial charge in [0, 0.05) is 19.8 Å². The summed E-state index contributed by atoms with van der Waals surface area (Å²) in [6.45, 7) is 3.83. The zero-order chi connectivity index (χ0) is 12.7. The Hall–Kier alpha value is -1.30. The smallest absolute Gasteiger partial charge is 0.326 e. The van der Waals surface area contributed by atoms with Crippen molar-refractivity contribution in [3.63, 3.8) is 0 Å². The molecular formula is C11H20N2O4. The van der Waals surface area contributed by atoms with Crippen molar-refractivity contribution in [3.05, 3.63) is 0 Å². The Morgan fingerprint density at radius 3 is 2.82 bits per heavy atom. The SMILES string of the molecule is CC[C@H](NC(=O)NCCC1CCOC1)C(=O)O. The molecular weight excluding hydrogens is 224 g/mol. The van der Waals surface area contributed by atoms with Crippen LogP contribution in [0, 0.1) is 5.92 Å². The first-order valence-electron chi connectivity index (χ1n) is 5.98. The largest absolute Gasteiger partial charge is 0.480 e. The molecule has 0 aromatic heterocycles. The van der Waals surface area contributed by atoms with Gasteiger partial charge >= 0.3 is 12.0 Å². The van der Waals surface area contributed by atoms with Gasteiger partial charge in [0.1, 0.15) is 6.04 Å². The molecule has 2 amide bonds. The van der Waals surface area contributed by atoms with Crippen molar-refractivity contribution >= 4 is 12.0 Å². The number of rotatable bonds is 6. The van der Waals surface area contributed by atoms with Gasteiger partial charge in [-0.15, -0.1) is 0 Å². The van der Waals surface area contributed by atoms with Crippen LogP contribution in [0.3, 0.4) is 0 Å². The van der Waals surface area contributed by atoms with Crippen molar-refractivity contribution in [2.75, 3.05) is 19.8 Å². The Labute approximate surface area is 101 Å². The average molecular weight is 244 g/mol. The Morgan fingerprint density at radius 1 is 1.53 bits per heavy atom. The van der Waals surface area contributed by atoms with Crippen LogP contribution in [0.5, 0.6) is 0 Å². The molecule has 0 bridgehead atoms. The molecule has 1 heterocycles. The summed E-state index contributed by atoms with van der Waals surface area (Å²) < 4.78 is 5.22. The maximum absolute atomic E-state index is 11.4. The summed E-state index contributed by atoms with van der Waals surface area (Å²) in [7, 11) is 0. The van der Waals surface area contributed by atoms with Gasteiger partial charge in [0.15, 0.2) is 0 Å². The minimum absolute atomic E-state index is 0.374. The zero-order valence-corrected chi connectivity index (χ0v) is 10.1. The molecule has 17 heavy (non-hydrogen) atoms. The summed E-state index contributed by atoms with van der Waals surface area (Å²) in [5, 5.41) is 13.8. The standard InChI is InChI=1S/C11H20N2O4/c1-2-9(10(14)15)13-11(16)12-5-3-8-4-6-17-7-8/h8-9H,2-7H2,1H3,(H,14,15)(H2,12,13,16)/t8?,9-/m0/s1. The molecule has 0 aromatic carbocycles. The fraction of sp³-hybridized carbons (Fsp3) is 0.818. The molecule has 1 aliphatic heterocycles. The minimum Gasteiger partial charge on any atom is -0.480 e. The fourth-order valence-electron chi connectivity index (χ4n) is 1.75. The monoisotopic (exact) mass is 244 g/mol. The lowest BCUT2D eigenvalue weighted by Gasteiger charge is -2.14. The van der Waals surface area contributed by atoms with Gasteiger partial charge in [0.2, 0.25) is 0 Å². The van der Waals surface area contributed by atoms with Gasteiger partial charge in [-0.3, -0.25) is 0 Å². The second-order valence-electron chi connectivity index (χ2n) is 4.22. The van der Waals surface area contributed by atoms with E-state index in [1.165, 1.54) is 0 Å². The number of hydrogen-bond acceptors (Lipinski definition) is 3. The number of carbonyl (C=O) groups excluding carboxylic acids is 1. The molecule has 0 aromatic rings. The van der Waals surface area contributed by atoms with Crippen LogP contribution in [0.2, 0.25) is 0 Å². The van der Waals surface area contributed by atoms with E-state index in [0.717, 1.165) is 26.1 Å². The van der Waals surface area contributed by atoms with Gasteiger partial charge in [-0.25, -0.2) is 9.59 Å². The summed E-state index contributed by atoms with van der Waals surface area (Å²) in [5.74, 6) is -0.497. The molecule has 0 aliphatic carbocycles. The van der Waals surface area contributed by atoms with Crippen LogP contribution in [0.1, 0.15) is 26.2 Å². The molecule has 0 saturated carbocycles. The Morgan fingerprint density at radius 2 is 2.29 bits per heavy atom. The molecule has 1 unspecified atom stereocenters. The van der Waals surface area contributed by atoms with Crippen molar-refractivity contribution in [1.82, 2.24) is 10.6 Å². The first-order chi connectivity index (χ1) is 8.13. The lowest BCUT2D eigenvalue weighted by atomic mass is 10.1. The maximum atomic E-state index is 11.4. The molecule has 1 fully saturated rings. The number of carboxylic acid groups (broad SMARTS) is 1. The highest BCUT2D eigenvalue weighted by atomic mass is 16.5. The Kier molecular flexibility index (Phi) is 5.76. The van der Waals surface area contributed by atoms with Crippen molar-refractivity contribution < 1.29 is 19.4 Å². The van der Waals surface area contributed by atoms with E-state index in [-0.39, 0.29) is 0 Å². The van der Waals surface area contributed by atoms with Crippen LogP contribution in [0.15, 0.2) is 0 Å². The molecule has 98 valence electrons. The van der Waals surface area contributed by atoms with E-state index in [0.29, 0.717) is 18.9 Å². The maximum Gasteiger partial charge on any atom is 0.326 e. The van der Waals surface area contributed by atoms with E-state index >= 15 is 0 Å². The third-order valence-corrected chi connectivity index (χ3v) is 2.87. The van der Waals surface area contributed by atoms with E-state index < -0.39 is 18.0 Å². The van der Waals surface area contributed by atoms with Crippen LogP contribution in [-0.4, -0.2) is 42.9 Å². The predicted octanol–water partition coefficient (Wildman–Crippen LogP) is 0.575. The lowest BCUT2D eigenvalue weighted by Crippen LogP contribution is -2.46. The summed E-state index contributed by atoms with van der Waals surface area (Å²) >= 11 is 0. The Bertz CT molecular complexity index is 264. The highest BCUT2D eigenvalue weighted by molar-refractivity contribution is 5.82. The number of amides is 2. The zero-order valence-electron chi connectivity index (χ0n) is 10.1. The van der Waals surface area contributed by atoms with Crippen LogP contribution >= 0.6 is 0 Å². The molecule has 2 atom stereocenters. The number of aliphatic carboxylic acids is 1. The number of hydrogen-bond donors (Lipinski definition) is 3. The molecule has 0 radical (unpaired) electrons. The first-order valence-corrected chi connectivity index (χ1v) is 5.98. The summed E-state index contributed by atoms with van der Waals surface area (Å²) in [6.07, 6.45) is 2.28. The minimum atomic E-state index is -1.01. The van der Waals surface area contributed by atoms with Crippen molar-refractivity contribution in [3.8, 4) is 0 Å². The van der Waals surface area contributed by atoms with E-state index in [1.807, 2.05) is 0 Å². The van der Waals surface area contributed by atoms with Gasteiger partial charge < -0.3 is 20.5 Å². The topological polar surface area (TPSA) is 87.7 Å². The van der Waals surface area contributed by atoms with Gasteiger partial charge in [-0.1, -0.05) is 6.92 Å². The highest BCUT2D eigenvalue weighted by Crippen LogP contribution is 2.14. The third-order valence-electron chi connectivity index (χ3n) is 2.87. The molecule has 6 heteroatoms. The Balaban J connectivity index is 2.13. The predicted molar refractivity (Wildman–Crippen MR) is 61.8 cm³/mol. The van der Waals surface area contributed by atoms with Gasteiger partial charge in [0.25, 0.3) is 0 Å². The second-order valence-corrected chi connectivity index (χ2v) is 4.22.